The third-order valence-corrected chi connectivity index (χ3v) is 8.38. The molecule has 1 aliphatic rings. The zero-order valence-corrected chi connectivity index (χ0v) is 19.4. The predicted molar refractivity (Wildman–Crippen MR) is 119 cm³/mol. The van der Waals surface area contributed by atoms with Crippen LogP contribution in [0.15, 0.2) is 52.3 Å². The molecule has 31 heavy (non-hydrogen) atoms. The quantitative estimate of drug-likeness (QED) is 0.590. The highest BCUT2D eigenvalue weighted by molar-refractivity contribution is 7.89. The van der Waals surface area contributed by atoms with Crippen LogP contribution in [0.3, 0.4) is 0 Å². The second kappa shape index (κ2) is 9.07. The Labute approximate surface area is 183 Å². The Morgan fingerprint density at radius 3 is 2.19 bits per heavy atom. The van der Waals surface area contributed by atoms with Crippen molar-refractivity contribution in [2.24, 2.45) is 0 Å². The molecule has 0 heterocycles. The summed E-state index contributed by atoms with van der Waals surface area (Å²) in [7, 11) is -4.19. The number of hydrogen-bond acceptors (Lipinski definition) is 5. The van der Waals surface area contributed by atoms with Gasteiger partial charge in [-0.15, -0.1) is 0 Å². The Kier molecular flexibility index (Phi) is 6.85. The number of benzene rings is 2. The fourth-order valence-electron chi connectivity index (χ4n) is 2.90. The summed E-state index contributed by atoms with van der Waals surface area (Å²) in [5.41, 5.74) is 2.03. The van der Waals surface area contributed by atoms with E-state index in [0.29, 0.717) is 12.1 Å². The lowest BCUT2D eigenvalue weighted by molar-refractivity contribution is -0.116. The Bertz CT molecular complexity index is 1170. The maximum Gasteiger partial charge on any atom is 0.242 e. The number of sulfonamides is 2. The average Bonchev–Trinajstić information content (AvgIpc) is 3.51. The van der Waals surface area contributed by atoms with E-state index in [9.17, 15) is 21.6 Å². The van der Waals surface area contributed by atoms with E-state index >= 15 is 0 Å². The summed E-state index contributed by atoms with van der Waals surface area (Å²) in [4.78, 5) is 12.7. The smallest absolute Gasteiger partial charge is 0.242 e. The molecule has 1 saturated carbocycles. The largest absolute Gasteiger partial charge is 0.326 e. The van der Waals surface area contributed by atoms with E-state index in [4.69, 9.17) is 0 Å². The van der Waals surface area contributed by atoms with Gasteiger partial charge in [-0.3, -0.25) is 4.79 Å². The number of amides is 1. The van der Waals surface area contributed by atoms with Crippen LogP contribution in [-0.4, -0.2) is 47.2 Å². The lowest BCUT2D eigenvalue weighted by Gasteiger charge is -2.14. The molecule has 0 saturated heterocycles. The van der Waals surface area contributed by atoms with Gasteiger partial charge in [-0.1, -0.05) is 18.2 Å². The van der Waals surface area contributed by atoms with Crippen molar-refractivity contribution in [2.45, 2.75) is 48.4 Å². The number of nitrogens with zero attached hydrogens (tertiary/aromatic N) is 1. The first-order valence-corrected chi connectivity index (χ1v) is 12.9. The van der Waals surface area contributed by atoms with E-state index in [-0.39, 0.29) is 28.2 Å². The SMILES string of the molecule is Cc1ccc(S(=O)(=O)N(C)C)cc1NC(=O)CCc1ccc(S(=O)(=O)NC2CC2)cc1. The van der Waals surface area contributed by atoms with Gasteiger partial charge >= 0.3 is 0 Å². The number of carbonyl (C=O) groups is 1. The van der Waals surface area contributed by atoms with Crippen molar-refractivity contribution in [2.75, 3.05) is 19.4 Å². The number of hydrogen-bond donors (Lipinski definition) is 2. The summed E-state index contributed by atoms with van der Waals surface area (Å²) in [6.07, 6.45) is 2.35. The van der Waals surface area contributed by atoms with Crippen LogP contribution in [0.1, 0.15) is 30.4 Å². The summed E-state index contributed by atoms with van der Waals surface area (Å²) >= 11 is 0. The fourth-order valence-corrected chi connectivity index (χ4v) is 5.13. The first-order chi connectivity index (χ1) is 14.5. The summed E-state index contributed by atoms with van der Waals surface area (Å²) < 4.78 is 52.8. The van der Waals surface area contributed by atoms with Gasteiger partial charge in [0, 0.05) is 32.2 Å². The summed E-state index contributed by atoms with van der Waals surface area (Å²) in [5.74, 6) is -0.255. The molecule has 2 N–H and O–H groups in total. The van der Waals surface area contributed by atoms with Crippen LogP contribution in [0.5, 0.6) is 0 Å². The molecule has 0 aliphatic heterocycles. The molecule has 10 heteroatoms. The second-order valence-electron chi connectivity index (χ2n) is 7.85. The van der Waals surface area contributed by atoms with Crippen molar-refractivity contribution in [3.63, 3.8) is 0 Å². The Morgan fingerprint density at radius 2 is 1.61 bits per heavy atom. The molecule has 1 amide bonds. The highest BCUT2D eigenvalue weighted by Gasteiger charge is 2.27. The molecule has 2 aromatic rings. The summed E-state index contributed by atoms with van der Waals surface area (Å²) in [5, 5.41) is 2.77. The Hall–Kier alpha value is -2.27. The van der Waals surface area contributed by atoms with E-state index < -0.39 is 20.0 Å². The fraction of sp³-hybridized carbons (Fsp3) is 0.381. The third kappa shape index (κ3) is 5.91. The Balaban J connectivity index is 1.61. The van der Waals surface area contributed by atoms with Gasteiger partial charge in [0.1, 0.15) is 0 Å². The molecule has 1 aliphatic carbocycles. The molecule has 0 unspecified atom stereocenters. The lowest BCUT2D eigenvalue weighted by Crippen LogP contribution is -2.25. The molecular formula is C21H27N3O5S2. The van der Waals surface area contributed by atoms with Crippen molar-refractivity contribution < 1.29 is 21.6 Å². The molecular weight excluding hydrogens is 438 g/mol. The standard InChI is InChI=1S/C21H27N3O5S2/c1-15-4-10-19(31(28,29)24(2)3)14-20(15)22-21(25)13-7-16-5-11-18(12-6-16)30(26,27)23-17-8-9-17/h4-6,10-12,14,17,23H,7-9,13H2,1-3H3,(H,22,25). The number of rotatable bonds is 9. The molecule has 0 atom stereocenters. The molecule has 0 aromatic heterocycles. The van der Waals surface area contributed by atoms with Gasteiger partial charge in [0.25, 0.3) is 0 Å². The number of aryl methyl sites for hydroxylation is 2. The first kappa shape index (κ1) is 23.4. The van der Waals surface area contributed by atoms with E-state index in [1.54, 1.807) is 25.1 Å². The first-order valence-electron chi connectivity index (χ1n) is 9.93. The second-order valence-corrected chi connectivity index (χ2v) is 11.7. The van der Waals surface area contributed by atoms with Crippen molar-refractivity contribution in [1.82, 2.24) is 9.03 Å². The molecule has 8 nitrogen and oxygen atoms in total. The molecule has 3 rings (SSSR count). The van der Waals surface area contributed by atoms with Crippen molar-refractivity contribution in [3.05, 3.63) is 53.6 Å². The normalized spacial score (nSPS) is 14.6. The molecule has 1 fully saturated rings. The van der Waals surface area contributed by atoms with Crippen LogP contribution in [0.4, 0.5) is 5.69 Å². The molecule has 2 aromatic carbocycles. The number of anilines is 1. The molecule has 168 valence electrons. The number of nitrogens with one attached hydrogen (secondary N) is 2. The van der Waals surface area contributed by atoms with Crippen LogP contribution in [0, 0.1) is 6.92 Å². The Morgan fingerprint density at radius 1 is 1.00 bits per heavy atom. The monoisotopic (exact) mass is 465 g/mol. The van der Waals surface area contributed by atoms with E-state index in [1.807, 2.05) is 0 Å². The van der Waals surface area contributed by atoms with Gasteiger partial charge in [-0.25, -0.2) is 25.9 Å². The van der Waals surface area contributed by atoms with Gasteiger partial charge in [0.2, 0.25) is 26.0 Å². The summed E-state index contributed by atoms with van der Waals surface area (Å²) in [6, 6.07) is 11.1. The van der Waals surface area contributed by atoms with Gasteiger partial charge in [0.05, 0.1) is 9.79 Å². The minimum absolute atomic E-state index is 0.0445. The minimum atomic E-state index is -3.60. The minimum Gasteiger partial charge on any atom is -0.326 e. The highest BCUT2D eigenvalue weighted by atomic mass is 32.2. The van der Waals surface area contributed by atoms with Gasteiger partial charge in [-0.05, 0) is 61.6 Å². The highest BCUT2D eigenvalue weighted by Crippen LogP contribution is 2.23. The maximum absolute atomic E-state index is 12.4. The molecule has 0 spiro atoms. The predicted octanol–water partition coefficient (Wildman–Crippen LogP) is 2.26. The zero-order chi connectivity index (χ0) is 22.8. The summed E-state index contributed by atoms with van der Waals surface area (Å²) in [6.45, 7) is 1.79. The van der Waals surface area contributed by atoms with Gasteiger partial charge < -0.3 is 5.32 Å². The van der Waals surface area contributed by atoms with Crippen molar-refractivity contribution in [1.29, 1.82) is 0 Å². The molecule has 0 bridgehead atoms. The van der Waals surface area contributed by atoms with Crippen molar-refractivity contribution >= 4 is 31.6 Å². The van der Waals surface area contributed by atoms with Crippen LogP contribution >= 0.6 is 0 Å². The van der Waals surface area contributed by atoms with E-state index in [0.717, 1.165) is 28.3 Å². The van der Waals surface area contributed by atoms with Crippen LogP contribution in [0.2, 0.25) is 0 Å². The van der Waals surface area contributed by atoms with Crippen LogP contribution in [-0.2, 0) is 31.3 Å². The topological polar surface area (TPSA) is 113 Å². The number of carbonyl (C=O) groups excluding carboxylic acids is 1. The lowest BCUT2D eigenvalue weighted by atomic mass is 10.1. The average molecular weight is 466 g/mol. The van der Waals surface area contributed by atoms with Gasteiger partial charge in [0.15, 0.2) is 0 Å². The van der Waals surface area contributed by atoms with Crippen LogP contribution in [0.25, 0.3) is 0 Å². The zero-order valence-electron chi connectivity index (χ0n) is 17.8. The van der Waals surface area contributed by atoms with E-state index in [1.165, 1.54) is 38.4 Å². The third-order valence-electron chi connectivity index (χ3n) is 5.04. The van der Waals surface area contributed by atoms with Gasteiger partial charge in [-0.2, -0.15) is 0 Å². The van der Waals surface area contributed by atoms with Crippen LogP contribution < -0.4 is 10.0 Å². The van der Waals surface area contributed by atoms with Crippen molar-refractivity contribution in [3.8, 4) is 0 Å². The van der Waals surface area contributed by atoms with E-state index in [2.05, 4.69) is 10.0 Å². The molecule has 0 radical (unpaired) electrons. The maximum atomic E-state index is 12.4.